The number of Topliss-reactive ketones (excluding diaryl/α,β-unsaturated/α-hetero) is 2. The van der Waals surface area contributed by atoms with Gasteiger partial charge in [-0.3, -0.25) is 9.59 Å². The molecule has 0 radical (unpaired) electrons. The molecule has 0 unspecified atom stereocenters. The van der Waals surface area contributed by atoms with Crippen molar-refractivity contribution in [2.24, 2.45) is 5.41 Å². The van der Waals surface area contributed by atoms with Crippen molar-refractivity contribution in [1.82, 2.24) is 4.90 Å². The number of benzene rings is 1. The molecule has 3 heteroatoms. The second kappa shape index (κ2) is 6.06. The molecular weight excluding hydrogens is 274 g/mol. The van der Waals surface area contributed by atoms with E-state index in [2.05, 4.69) is 16.7 Å². The molecular formula is C19H21NO2. The number of hydrogen-bond donors (Lipinski definition) is 0. The first-order valence-electron chi connectivity index (χ1n) is 8.04. The summed E-state index contributed by atoms with van der Waals surface area (Å²) in [5.74, 6) is 5.74. The average molecular weight is 295 g/mol. The van der Waals surface area contributed by atoms with Gasteiger partial charge in [0.15, 0.2) is 17.0 Å². The van der Waals surface area contributed by atoms with Crippen molar-refractivity contribution in [2.75, 3.05) is 19.6 Å². The van der Waals surface area contributed by atoms with E-state index in [1.165, 1.54) is 19.3 Å². The van der Waals surface area contributed by atoms with Crippen LogP contribution < -0.4 is 0 Å². The van der Waals surface area contributed by atoms with Gasteiger partial charge < -0.3 is 4.90 Å². The Labute approximate surface area is 131 Å². The number of nitrogens with zero attached hydrogens (tertiary/aromatic N) is 1. The Balaban J connectivity index is 1.69. The first kappa shape index (κ1) is 15.0. The largest absolute Gasteiger partial charge is 0.302 e. The molecule has 1 aliphatic carbocycles. The number of fused-ring (bicyclic) bond motifs is 1. The minimum Gasteiger partial charge on any atom is -0.302 e. The van der Waals surface area contributed by atoms with Gasteiger partial charge in [-0.1, -0.05) is 36.6 Å². The maximum absolute atomic E-state index is 12.5. The molecule has 1 heterocycles. The molecule has 22 heavy (non-hydrogen) atoms. The minimum atomic E-state index is -1.19. The highest BCUT2D eigenvalue weighted by atomic mass is 16.2. The summed E-state index contributed by atoms with van der Waals surface area (Å²) in [4.78, 5) is 27.4. The van der Waals surface area contributed by atoms with Gasteiger partial charge in [-0.15, -0.1) is 5.92 Å². The zero-order valence-corrected chi connectivity index (χ0v) is 13.0. The fourth-order valence-electron chi connectivity index (χ4n) is 3.27. The Morgan fingerprint density at radius 1 is 1.05 bits per heavy atom. The van der Waals surface area contributed by atoms with E-state index < -0.39 is 5.41 Å². The van der Waals surface area contributed by atoms with Gasteiger partial charge in [0.1, 0.15) is 0 Å². The van der Waals surface area contributed by atoms with Crippen LogP contribution in [0.25, 0.3) is 0 Å². The molecule has 0 spiro atoms. The summed E-state index contributed by atoms with van der Waals surface area (Å²) in [5, 5.41) is 0. The van der Waals surface area contributed by atoms with Crippen LogP contribution in [0.4, 0.5) is 0 Å². The molecule has 1 aromatic rings. The number of carbonyl (C=O) groups excluding carboxylic acids is 2. The first-order valence-corrected chi connectivity index (χ1v) is 8.04. The molecule has 114 valence electrons. The summed E-state index contributed by atoms with van der Waals surface area (Å²) in [6, 6.07) is 7.02. The van der Waals surface area contributed by atoms with Crippen LogP contribution in [0.3, 0.4) is 0 Å². The number of likely N-dealkylation sites (tertiary alicyclic amines) is 1. The highest BCUT2D eigenvalue weighted by Crippen LogP contribution is 2.35. The van der Waals surface area contributed by atoms with E-state index in [4.69, 9.17) is 0 Å². The second-order valence-corrected chi connectivity index (χ2v) is 6.28. The first-order chi connectivity index (χ1) is 10.6. The van der Waals surface area contributed by atoms with Crippen molar-refractivity contribution in [1.29, 1.82) is 0 Å². The van der Waals surface area contributed by atoms with Crippen LogP contribution in [0.15, 0.2) is 24.3 Å². The predicted octanol–water partition coefficient (Wildman–Crippen LogP) is 2.95. The van der Waals surface area contributed by atoms with Crippen molar-refractivity contribution >= 4 is 11.6 Å². The fourth-order valence-corrected chi connectivity index (χ4v) is 3.27. The summed E-state index contributed by atoms with van der Waals surface area (Å²) < 4.78 is 0. The maximum atomic E-state index is 12.5. The molecule has 3 rings (SSSR count). The lowest BCUT2D eigenvalue weighted by Gasteiger charge is -2.25. The molecule has 0 amide bonds. The molecule has 1 fully saturated rings. The van der Waals surface area contributed by atoms with Gasteiger partial charge in [0, 0.05) is 24.1 Å². The van der Waals surface area contributed by atoms with Crippen LogP contribution in [-0.4, -0.2) is 36.1 Å². The van der Waals surface area contributed by atoms with Crippen molar-refractivity contribution in [2.45, 2.75) is 32.6 Å². The molecule has 1 aliphatic heterocycles. The van der Waals surface area contributed by atoms with Gasteiger partial charge in [0.25, 0.3) is 0 Å². The van der Waals surface area contributed by atoms with Gasteiger partial charge in [-0.2, -0.15) is 0 Å². The molecule has 0 N–H and O–H groups in total. The number of carbonyl (C=O) groups is 2. The number of piperidine rings is 1. The van der Waals surface area contributed by atoms with Crippen molar-refractivity contribution < 1.29 is 9.59 Å². The Bertz CT molecular complexity index is 625. The smallest absolute Gasteiger partial charge is 0.189 e. The molecule has 0 aromatic heterocycles. The van der Waals surface area contributed by atoms with E-state index in [0.29, 0.717) is 17.5 Å². The van der Waals surface area contributed by atoms with Crippen LogP contribution in [-0.2, 0) is 0 Å². The highest BCUT2D eigenvalue weighted by molar-refractivity contribution is 6.31. The van der Waals surface area contributed by atoms with Crippen LogP contribution in [0.5, 0.6) is 0 Å². The number of hydrogen-bond acceptors (Lipinski definition) is 3. The summed E-state index contributed by atoms with van der Waals surface area (Å²) >= 11 is 0. The van der Waals surface area contributed by atoms with E-state index in [1.54, 1.807) is 31.2 Å². The van der Waals surface area contributed by atoms with E-state index in [-0.39, 0.29) is 11.6 Å². The Morgan fingerprint density at radius 3 is 2.23 bits per heavy atom. The zero-order chi connectivity index (χ0) is 15.6. The molecule has 1 aromatic carbocycles. The van der Waals surface area contributed by atoms with Crippen LogP contribution in [0.1, 0.15) is 53.3 Å². The van der Waals surface area contributed by atoms with E-state index >= 15 is 0 Å². The zero-order valence-electron chi connectivity index (χ0n) is 13.0. The summed E-state index contributed by atoms with van der Waals surface area (Å²) in [6.45, 7) is 4.87. The van der Waals surface area contributed by atoms with Gasteiger partial charge in [0.05, 0.1) is 0 Å². The third-order valence-corrected chi connectivity index (χ3v) is 4.66. The van der Waals surface area contributed by atoms with Gasteiger partial charge >= 0.3 is 0 Å². The average Bonchev–Trinajstić information content (AvgIpc) is 2.75. The molecule has 0 atom stereocenters. The monoisotopic (exact) mass is 295 g/mol. The van der Waals surface area contributed by atoms with E-state index in [0.717, 1.165) is 19.6 Å². The normalized spacial score (nSPS) is 20.4. The summed E-state index contributed by atoms with van der Waals surface area (Å²) in [6.07, 6.45) is 4.56. The molecule has 1 saturated heterocycles. The molecule has 0 bridgehead atoms. The SMILES string of the molecule is CC1(C#CCCN2CCCCC2)C(=O)c2ccccc2C1=O. The highest BCUT2D eigenvalue weighted by Gasteiger charge is 2.48. The third-order valence-electron chi connectivity index (χ3n) is 4.66. The number of ketones is 2. The molecule has 3 nitrogen and oxygen atoms in total. The quantitative estimate of drug-likeness (QED) is 0.622. The lowest BCUT2D eigenvalue weighted by molar-refractivity contribution is 0.0790. The van der Waals surface area contributed by atoms with E-state index in [1.807, 2.05) is 0 Å². The maximum Gasteiger partial charge on any atom is 0.189 e. The topological polar surface area (TPSA) is 37.4 Å². The molecule has 2 aliphatic rings. The predicted molar refractivity (Wildman–Crippen MR) is 85.9 cm³/mol. The van der Waals surface area contributed by atoms with Crippen molar-refractivity contribution in [3.63, 3.8) is 0 Å². The van der Waals surface area contributed by atoms with Gasteiger partial charge in [0.2, 0.25) is 0 Å². The minimum absolute atomic E-state index is 0.154. The third kappa shape index (κ3) is 2.60. The van der Waals surface area contributed by atoms with Crippen LogP contribution in [0, 0.1) is 17.3 Å². The van der Waals surface area contributed by atoms with Crippen LogP contribution >= 0.6 is 0 Å². The number of rotatable bonds is 2. The van der Waals surface area contributed by atoms with Crippen molar-refractivity contribution in [3.8, 4) is 11.8 Å². The molecule has 0 saturated carbocycles. The lowest BCUT2D eigenvalue weighted by atomic mass is 9.85. The summed E-state index contributed by atoms with van der Waals surface area (Å²) in [7, 11) is 0. The lowest BCUT2D eigenvalue weighted by Crippen LogP contribution is -2.30. The van der Waals surface area contributed by atoms with Crippen LogP contribution in [0.2, 0.25) is 0 Å². The second-order valence-electron chi connectivity index (χ2n) is 6.28. The van der Waals surface area contributed by atoms with Crippen molar-refractivity contribution in [3.05, 3.63) is 35.4 Å². The summed E-state index contributed by atoms with van der Waals surface area (Å²) in [5.41, 5.74) is -0.161. The fraction of sp³-hybridized carbons (Fsp3) is 0.474. The Morgan fingerprint density at radius 2 is 1.64 bits per heavy atom. The Hall–Kier alpha value is -1.92. The van der Waals surface area contributed by atoms with Gasteiger partial charge in [-0.05, 0) is 32.9 Å². The Kier molecular flexibility index (Phi) is 4.13. The van der Waals surface area contributed by atoms with E-state index in [9.17, 15) is 9.59 Å². The van der Waals surface area contributed by atoms with Gasteiger partial charge in [-0.25, -0.2) is 0 Å². The standard InChI is InChI=1S/C19H21NO2/c1-19(11-5-8-14-20-12-6-2-7-13-20)17(21)15-9-3-4-10-16(15)18(19)22/h3-4,9-10H,2,6-8,12-14H2,1H3.